The lowest BCUT2D eigenvalue weighted by atomic mass is 9.88. The number of rotatable bonds is 7. The molecule has 3 aromatic carbocycles. The van der Waals surface area contributed by atoms with Gasteiger partial charge in [0.1, 0.15) is 5.54 Å². The van der Waals surface area contributed by atoms with Gasteiger partial charge in [-0.25, -0.2) is 4.79 Å². The van der Waals surface area contributed by atoms with E-state index in [-0.39, 0.29) is 6.54 Å². The molecule has 1 aliphatic heterocycles. The quantitative estimate of drug-likeness (QED) is 0.308. The Morgan fingerprint density at radius 3 is 2.34 bits per heavy atom. The van der Waals surface area contributed by atoms with Crippen LogP contribution in [0.2, 0.25) is 0 Å². The molecule has 4 N–H and O–H groups in total. The number of hydrogen-bond donors (Lipinski definition) is 4. The lowest BCUT2D eigenvalue weighted by molar-refractivity contribution is -0.164. The van der Waals surface area contributed by atoms with Crippen LogP contribution in [0.3, 0.4) is 0 Å². The van der Waals surface area contributed by atoms with Gasteiger partial charge >= 0.3 is 12.0 Å². The first-order chi connectivity index (χ1) is 16.8. The molecule has 9 heteroatoms. The first-order valence-corrected chi connectivity index (χ1v) is 11.1. The smallest absolute Gasteiger partial charge is 0.316 e. The van der Waals surface area contributed by atoms with E-state index in [9.17, 15) is 19.2 Å². The summed E-state index contributed by atoms with van der Waals surface area (Å²) in [6.07, 6.45) is -0.975. The van der Waals surface area contributed by atoms with Gasteiger partial charge in [-0.15, -0.1) is 0 Å². The molecule has 1 aliphatic rings. The highest BCUT2D eigenvalue weighted by atomic mass is 16.6. The third-order valence-electron chi connectivity index (χ3n) is 5.89. The fraction of sp³-hybridized carbons (Fsp3) is 0.231. The van der Waals surface area contributed by atoms with Crippen LogP contribution in [0.15, 0.2) is 72.8 Å². The van der Waals surface area contributed by atoms with Crippen LogP contribution < -0.4 is 21.3 Å². The van der Waals surface area contributed by atoms with Gasteiger partial charge < -0.3 is 26.0 Å². The zero-order valence-corrected chi connectivity index (χ0v) is 19.3. The fourth-order valence-corrected chi connectivity index (χ4v) is 3.87. The molecule has 4 amide bonds. The van der Waals surface area contributed by atoms with Crippen LogP contribution in [0.5, 0.6) is 0 Å². The molecule has 0 aliphatic carbocycles. The summed E-state index contributed by atoms with van der Waals surface area (Å²) < 4.78 is 5.03. The van der Waals surface area contributed by atoms with Crippen molar-refractivity contribution >= 4 is 34.6 Å². The fourth-order valence-electron chi connectivity index (χ4n) is 3.87. The highest BCUT2D eigenvalue weighted by molar-refractivity contribution is 5.98. The maximum atomic E-state index is 13.5. The standard InChI is InChI=1S/C26H26N4O5/c1-16(31)35-23-21(22(32)29-23)28-24(33)26(2,20-13-12-18-10-6-7-11-19(18)14-20)30-25(34)27-15-17-8-4-3-5-9-17/h3-14,21,23H,15H2,1-2H3,(H,28,33)(H,29,32)(H2,27,30,34)/t21-,23+,26-/m1/s1. The third-order valence-corrected chi connectivity index (χ3v) is 5.89. The van der Waals surface area contributed by atoms with Gasteiger partial charge in [-0.3, -0.25) is 14.4 Å². The first-order valence-electron chi connectivity index (χ1n) is 11.1. The van der Waals surface area contributed by atoms with Crippen LogP contribution in [0.4, 0.5) is 4.79 Å². The van der Waals surface area contributed by atoms with E-state index >= 15 is 0 Å². The number of ether oxygens (including phenoxy) is 1. The van der Waals surface area contributed by atoms with E-state index in [0.717, 1.165) is 16.3 Å². The van der Waals surface area contributed by atoms with Crippen LogP contribution in [-0.4, -0.2) is 36.1 Å². The second-order valence-electron chi connectivity index (χ2n) is 8.47. The Morgan fingerprint density at radius 1 is 0.971 bits per heavy atom. The second-order valence-corrected chi connectivity index (χ2v) is 8.47. The van der Waals surface area contributed by atoms with Crippen molar-refractivity contribution in [2.24, 2.45) is 0 Å². The van der Waals surface area contributed by atoms with Crippen molar-refractivity contribution in [2.75, 3.05) is 0 Å². The molecule has 1 fully saturated rings. The van der Waals surface area contributed by atoms with Crippen molar-refractivity contribution < 1.29 is 23.9 Å². The van der Waals surface area contributed by atoms with Gasteiger partial charge in [0, 0.05) is 13.5 Å². The minimum atomic E-state index is -1.54. The summed E-state index contributed by atoms with van der Waals surface area (Å²) >= 11 is 0. The number of urea groups is 1. The van der Waals surface area contributed by atoms with Gasteiger partial charge in [0.25, 0.3) is 11.8 Å². The number of benzene rings is 3. The Morgan fingerprint density at radius 2 is 1.66 bits per heavy atom. The topological polar surface area (TPSA) is 126 Å². The average molecular weight is 475 g/mol. The van der Waals surface area contributed by atoms with E-state index in [1.807, 2.05) is 66.7 Å². The normalized spacial score (nSPS) is 18.4. The molecule has 9 nitrogen and oxygen atoms in total. The van der Waals surface area contributed by atoms with Crippen molar-refractivity contribution in [3.05, 3.63) is 83.9 Å². The summed E-state index contributed by atoms with van der Waals surface area (Å²) in [5.41, 5.74) is -0.122. The highest BCUT2D eigenvalue weighted by Gasteiger charge is 2.47. The molecule has 3 aromatic rings. The van der Waals surface area contributed by atoms with E-state index in [1.54, 1.807) is 13.0 Å². The number of fused-ring (bicyclic) bond motifs is 1. The van der Waals surface area contributed by atoms with Gasteiger partial charge in [0.15, 0.2) is 6.04 Å². The predicted octanol–water partition coefficient (Wildman–Crippen LogP) is 2.06. The van der Waals surface area contributed by atoms with Gasteiger partial charge in [-0.05, 0) is 34.9 Å². The summed E-state index contributed by atoms with van der Waals surface area (Å²) in [6.45, 7) is 3.04. The number of esters is 1. The molecule has 0 bridgehead atoms. The number of carbonyl (C=O) groups is 4. The Bertz CT molecular complexity index is 1280. The molecule has 4 rings (SSSR count). The SMILES string of the molecule is CC(=O)O[C@@H]1NC(=O)[C@H]1NC(=O)[C@](C)(NC(=O)NCc1ccccc1)c1ccc2ccccc2c1. The van der Waals surface area contributed by atoms with E-state index in [2.05, 4.69) is 21.3 Å². The number of β-lactam (4-membered cyclic amide) rings is 1. The van der Waals surface area contributed by atoms with Crippen molar-refractivity contribution in [3.8, 4) is 0 Å². The molecule has 0 aromatic heterocycles. The van der Waals surface area contributed by atoms with Gasteiger partial charge in [0.2, 0.25) is 6.23 Å². The Labute approximate surface area is 202 Å². The van der Waals surface area contributed by atoms with E-state index in [4.69, 9.17) is 4.74 Å². The minimum Gasteiger partial charge on any atom is -0.439 e. The largest absolute Gasteiger partial charge is 0.439 e. The molecule has 180 valence electrons. The van der Waals surface area contributed by atoms with Crippen molar-refractivity contribution in [1.29, 1.82) is 0 Å². The van der Waals surface area contributed by atoms with Crippen molar-refractivity contribution in [1.82, 2.24) is 21.3 Å². The molecule has 35 heavy (non-hydrogen) atoms. The summed E-state index contributed by atoms with van der Waals surface area (Å²) in [7, 11) is 0. The maximum Gasteiger partial charge on any atom is 0.316 e. The summed E-state index contributed by atoms with van der Waals surface area (Å²) in [6, 6.07) is 20.8. The summed E-state index contributed by atoms with van der Waals surface area (Å²) in [5.74, 6) is -1.71. The minimum absolute atomic E-state index is 0.266. The second kappa shape index (κ2) is 9.84. The van der Waals surface area contributed by atoms with Gasteiger partial charge in [-0.2, -0.15) is 0 Å². The zero-order chi connectivity index (χ0) is 25.0. The lowest BCUT2D eigenvalue weighted by Crippen LogP contribution is -2.72. The molecular weight excluding hydrogens is 448 g/mol. The Kier molecular flexibility index (Phi) is 6.68. The van der Waals surface area contributed by atoms with Crippen LogP contribution in [-0.2, 0) is 31.2 Å². The molecule has 1 heterocycles. The van der Waals surface area contributed by atoms with Crippen molar-refractivity contribution in [2.45, 2.75) is 38.2 Å². The molecule has 1 saturated heterocycles. The molecule has 3 atom stereocenters. The lowest BCUT2D eigenvalue weighted by Gasteiger charge is -2.38. The zero-order valence-electron chi connectivity index (χ0n) is 19.3. The number of nitrogens with one attached hydrogen (secondary N) is 4. The van der Waals surface area contributed by atoms with E-state index in [1.165, 1.54) is 6.92 Å². The highest BCUT2D eigenvalue weighted by Crippen LogP contribution is 2.26. The average Bonchev–Trinajstić information content (AvgIpc) is 2.85. The third kappa shape index (κ3) is 5.24. The van der Waals surface area contributed by atoms with Crippen LogP contribution in [0.1, 0.15) is 25.0 Å². The van der Waals surface area contributed by atoms with Crippen LogP contribution in [0.25, 0.3) is 10.8 Å². The van der Waals surface area contributed by atoms with Crippen LogP contribution >= 0.6 is 0 Å². The van der Waals surface area contributed by atoms with Crippen LogP contribution in [0, 0.1) is 0 Å². The number of amides is 4. The predicted molar refractivity (Wildman–Crippen MR) is 129 cm³/mol. The van der Waals surface area contributed by atoms with Gasteiger partial charge in [-0.1, -0.05) is 66.7 Å². The van der Waals surface area contributed by atoms with E-state index < -0.39 is 41.6 Å². The Balaban J connectivity index is 1.59. The molecule has 0 spiro atoms. The number of carbonyl (C=O) groups excluding carboxylic acids is 4. The molecule has 0 radical (unpaired) electrons. The number of hydrogen-bond acceptors (Lipinski definition) is 5. The molecule has 0 unspecified atom stereocenters. The summed E-state index contributed by atoms with van der Waals surface area (Å²) in [4.78, 5) is 49.8. The first kappa shape index (κ1) is 23.7. The summed E-state index contributed by atoms with van der Waals surface area (Å²) in [5, 5.41) is 12.4. The molecular formula is C26H26N4O5. The molecule has 0 saturated carbocycles. The van der Waals surface area contributed by atoms with E-state index in [0.29, 0.717) is 5.56 Å². The Hall–Kier alpha value is -4.40. The monoisotopic (exact) mass is 474 g/mol. The maximum absolute atomic E-state index is 13.5. The van der Waals surface area contributed by atoms with Gasteiger partial charge in [0.05, 0.1) is 0 Å². The van der Waals surface area contributed by atoms with Crippen molar-refractivity contribution in [3.63, 3.8) is 0 Å².